The number of hydrogen-bond donors (Lipinski definition) is 2. The lowest BCUT2D eigenvalue weighted by Gasteiger charge is -2.20. The summed E-state index contributed by atoms with van der Waals surface area (Å²) in [6, 6.07) is 5.01. The molecule has 0 aliphatic carbocycles. The highest BCUT2D eigenvalue weighted by atomic mass is 19.1. The topological polar surface area (TPSA) is 49.5 Å². The normalized spacial score (nSPS) is 21.9. The summed E-state index contributed by atoms with van der Waals surface area (Å²) in [5.41, 5.74) is 7.14. The molecule has 1 saturated heterocycles. The maximum absolute atomic E-state index is 13.9. The Morgan fingerprint density at radius 2 is 2.35 bits per heavy atom. The lowest BCUT2D eigenvalue weighted by atomic mass is 10.1. The number of aliphatic hydroxyl groups is 1. The fourth-order valence-corrected chi connectivity index (χ4v) is 2.26. The van der Waals surface area contributed by atoms with Crippen molar-refractivity contribution in [3.63, 3.8) is 0 Å². The monoisotopic (exact) mass is 238 g/mol. The van der Waals surface area contributed by atoms with E-state index in [0.717, 1.165) is 25.1 Å². The molecular formula is C13H19FN2O. The highest BCUT2D eigenvalue weighted by Crippen LogP contribution is 2.27. The molecule has 94 valence electrons. The fraction of sp³-hybridized carbons (Fsp3) is 0.538. The van der Waals surface area contributed by atoms with E-state index < -0.39 is 0 Å². The summed E-state index contributed by atoms with van der Waals surface area (Å²) >= 11 is 0. The molecule has 1 aliphatic rings. The van der Waals surface area contributed by atoms with Gasteiger partial charge in [0.25, 0.3) is 0 Å². The minimum Gasteiger partial charge on any atom is -0.396 e. The van der Waals surface area contributed by atoms with Gasteiger partial charge in [-0.1, -0.05) is 6.07 Å². The second-order valence-corrected chi connectivity index (χ2v) is 4.78. The first-order valence-electron chi connectivity index (χ1n) is 6.02. The molecular weight excluding hydrogens is 219 g/mol. The molecule has 17 heavy (non-hydrogen) atoms. The van der Waals surface area contributed by atoms with Crippen molar-refractivity contribution in [3.05, 3.63) is 29.6 Å². The van der Waals surface area contributed by atoms with E-state index in [1.54, 1.807) is 6.07 Å². The third kappa shape index (κ3) is 2.58. The molecule has 2 rings (SSSR count). The van der Waals surface area contributed by atoms with Gasteiger partial charge in [0, 0.05) is 31.7 Å². The zero-order chi connectivity index (χ0) is 12.4. The van der Waals surface area contributed by atoms with Crippen LogP contribution >= 0.6 is 0 Å². The van der Waals surface area contributed by atoms with Gasteiger partial charge >= 0.3 is 0 Å². The molecule has 1 heterocycles. The van der Waals surface area contributed by atoms with E-state index in [1.165, 1.54) is 6.07 Å². The number of anilines is 1. The number of nitrogens with zero attached hydrogens (tertiary/aromatic N) is 1. The van der Waals surface area contributed by atoms with Crippen molar-refractivity contribution in [2.75, 3.05) is 24.6 Å². The van der Waals surface area contributed by atoms with Gasteiger partial charge < -0.3 is 15.7 Å². The standard InChI is InChI=1S/C13H19FN2O/c1-9(15)11-2-3-13(12(14)6-11)16-5-4-10(7-16)8-17/h2-3,6,9-10,17H,4-5,7-8,15H2,1H3. The van der Waals surface area contributed by atoms with Gasteiger partial charge in [-0.25, -0.2) is 4.39 Å². The van der Waals surface area contributed by atoms with Crippen LogP contribution in [0.2, 0.25) is 0 Å². The zero-order valence-corrected chi connectivity index (χ0v) is 10.1. The minimum atomic E-state index is -0.224. The number of halogens is 1. The first kappa shape index (κ1) is 12.3. The van der Waals surface area contributed by atoms with Crippen LogP contribution in [0.5, 0.6) is 0 Å². The fourth-order valence-electron chi connectivity index (χ4n) is 2.26. The Hall–Kier alpha value is -1.13. The van der Waals surface area contributed by atoms with Gasteiger partial charge in [0.05, 0.1) is 5.69 Å². The van der Waals surface area contributed by atoms with Crippen molar-refractivity contribution in [1.29, 1.82) is 0 Å². The van der Waals surface area contributed by atoms with Crippen LogP contribution in [0.1, 0.15) is 24.9 Å². The highest BCUT2D eigenvalue weighted by molar-refractivity contribution is 5.50. The van der Waals surface area contributed by atoms with Crippen molar-refractivity contribution in [1.82, 2.24) is 0 Å². The summed E-state index contributed by atoms with van der Waals surface area (Å²) in [5.74, 6) is 0.0425. The summed E-state index contributed by atoms with van der Waals surface area (Å²) in [6.45, 7) is 3.55. The third-order valence-electron chi connectivity index (χ3n) is 3.38. The van der Waals surface area contributed by atoms with Crippen molar-refractivity contribution >= 4 is 5.69 Å². The molecule has 0 bridgehead atoms. The van der Waals surface area contributed by atoms with Crippen molar-refractivity contribution in [2.45, 2.75) is 19.4 Å². The summed E-state index contributed by atoms with van der Waals surface area (Å²) in [5, 5.41) is 9.08. The lowest BCUT2D eigenvalue weighted by Crippen LogP contribution is -2.22. The largest absolute Gasteiger partial charge is 0.396 e. The van der Waals surface area contributed by atoms with E-state index in [2.05, 4.69) is 0 Å². The van der Waals surface area contributed by atoms with Crippen molar-refractivity contribution in [3.8, 4) is 0 Å². The van der Waals surface area contributed by atoms with Crippen molar-refractivity contribution in [2.24, 2.45) is 11.7 Å². The molecule has 4 heteroatoms. The van der Waals surface area contributed by atoms with Gasteiger partial charge in [-0.2, -0.15) is 0 Å². The minimum absolute atomic E-state index is 0.151. The number of nitrogens with two attached hydrogens (primary N) is 1. The molecule has 3 N–H and O–H groups in total. The predicted molar refractivity (Wildman–Crippen MR) is 66.4 cm³/mol. The van der Waals surface area contributed by atoms with Gasteiger partial charge in [-0.15, -0.1) is 0 Å². The summed E-state index contributed by atoms with van der Waals surface area (Å²) in [6.07, 6.45) is 0.922. The Morgan fingerprint density at radius 3 is 2.88 bits per heavy atom. The second-order valence-electron chi connectivity index (χ2n) is 4.78. The van der Waals surface area contributed by atoms with Gasteiger partial charge in [0.1, 0.15) is 5.82 Å². The Labute approximate surface area is 101 Å². The molecule has 0 radical (unpaired) electrons. The van der Waals surface area contributed by atoms with Crippen molar-refractivity contribution < 1.29 is 9.50 Å². The van der Waals surface area contributed by atoms with Crippen LogP contribution in [0.25, 0.3) is 0 Å². The number of benzene rings is 1. The van der Waals surface area contributed by atoms with Crippen LogP contribution in [0.3, 0.4) is 0 Å². The van der Waals surface area contributed by atoms with E-state index >= 15 is 0 Å². The van der Waals surface area contributed by atoms with Gasteiger partial charge in [0.2, 0.25) is 0 Å². The smallest absolute Gasteiger partial charge is 0.146 e. The molecule has 1 aromatic rings. The summed E-state index contributed by atoms with van der Waals surface area (Å²) in [4.78, 5) is 1.99. The lowest BCUT2D eigenvalue weighted by molar-refractivity contribution is 0.238. The molecule has 0 saturated carbocycles. The number of aliphatic hydroxyl groups excluding tert-OH is 1. The quantitative estimate of drug-likeness (QED) is 0.842. The first-order chi connectivity index (χ1) is 8.11. The maximum atomic E-state index is 13.9. The highest BCUT2D eigenvalue weighted by Gasteiger charge is 2.23. The molecule has 1 aromatic carbocycles. The Bertz CT molecular complexity index is 395. The van der Waals surface area contributed by atoms with Crippen LogP contribution < -0.4 is 10.6 Å². The Kier molecular flexibility index (Phi) is 3.64. The second kappa shape index (κ2) is 5.02. The maximum Gasteiger partial charge on any atom is 0.146 e. The zero-order valence-electron chi connectivity index (χ0n) is 10.1. The summed E-state index contributed by atoms with van der Waals surface area (Å²) in [7, 11) is 0. The average molecular weight is 238 g/mol. The summed E-state index contributed by atoms with van der Waals surface area (Å²) < 4.78 is 13.9. The van der Waals surface area contributed by atoms with E-state index in [9.17, 15) is 4.39 Å². The van der Waals surface area contributed by atoms with E-state index in [4.69, 9.17) is 10.8 Å². The Morgan fingerprint density at radius 1 is 1.59 bits per heavy atom. The van der Waals surface area contributed by atoms with E-state index in [0.29, 0.717) is 5.69 Å². The third-order valence-corrected chi connectivity index (χ3v) is 3.38. The first-order valence-corrected chi connectivity index (χ1v) is 6.02. The van der Waals surface area contributed by atoms with Gasteiger partial charge in [0.15, 0.2) is 0 Å². The molecule has 1 fully saturated rings. The molecule has 3 nitrogen and oxygen atoms in total. The number of hydrogen-bond acceptors (Lipinski definition) is 3. The van der Waals surface area contributed by atoms with Crippen LogP contribution in [-0.4, -0.2) is 24.8 Å². The van der Waals surface area contributed by atoms with Crippen LogP contribution in [-0.2, 0) is 0 Å². The SMILES string of the molecule is CC(N)c1ccc(N2CCC(CO)C2)c(F)c1. The van der Waals surface area contributed by atoms with Crippen LogP contribution in [0.4, 0.5) is 10.1 Å². The Balaban J connectivity index is 2.17. The molecule has 1 aliphatic heterocycles. The molecule has 0 spiro atoms. The molecule has 0 amide bonds. The predicted octanol–water partition coefficient (Wildman–Crippen LogP) is 1.66. The van der Waals surface area contributed by atoms with E-state index in [1.807, 2.05) is 17.9 Å². The van der Waals surface area contributed by atoms with Gasteiger partial charge in [-0.3, -0.25) is 0 Å². The number of rotatable bonds is 3. The van der Waals surface area contributed by atoms with Crippen LogP contribution in [0.15, 0.2) is 18.2 Å². The van der Waals surface area contributed by atoms with Crippen LogP contribution in [0, 0.1) is 11.7 Å². The van der Waals surface area contributed by atoms with Gasteiger partial charge in [-0.05, 0) is 31.0 Å². The molecule has 2 atom stereocenters. The average Bonchev–Trinajstić information content (AvgIpc) is 2.77. The molecule has 2 unspecified atom stereocenters. The van der Waals surface area contributed by atoms with E-state index in [-0.39, 0.29) is 24.4 Å². The molecule has 0 aromatic heterocycles.